The van der Waals surface area contributed by atoms with Gasteiger partial charge < -0.3 is 9.84 Å². The van der Waals surface area contributed by atoms with E-state index in [0.29, 0.717) is 0 Å². The van der Waals surface area contributed by atoms with Crippen LogP contribution < -0.4 is 4.74 Å². The fourth-order valence-corrected chi connectivity index (χ4v) is 2.52. The van der Waals surface area contributed by atoms with E-state index in [0.717, 1.165) is 25.0 Å². The average molecular weight is 319 g/mol. The van der Waals surface area contributed by atoms with Crippen LogP contribution in [-0.2, 0) is 6.42 Å². The number of hydrogen-bond donors (Lipinski definition) is 1. The number of aliphatic hydroxyl groups excluding tert-OH is 1. The molecule has 1 aromatic carbocycles. The summed E-state index contributed by atoms with van der Waals surface area (Å²) in [6.45, 7) is 8.39. The van der Waals surface area contributed by atoms with Crippen LogP contribution in [0.25, 0.3) is 0 Å². The minimum absolute atomic E-state index is 0.590. The molecular weight excluding hydrogens is 284 g/mol. The molecule has 0 amide bonds. The van der Waals surface area contributed by atoms with Gasteiger partial charge in [-0.25, -0.2) is 0 Å². The SMILES string of the molecule is CCCCCC/C=C/C(O)C(C)(CC)Oc1ccc(CC)cc1. The minimum Gasteiger partial charge on any atom is -0.485 e. The van der Waals surface area contributed by atoms with Gasteiger partial charge in [-0.15, -0.1) is 0 Å². The lowest BCUT2D eigenvalue weighted by molar-refractivity contribution is -0.0190. The molecule has 0 spiro atoms. The number of aryl methyl sites for hydroxylation is 1. The van der Waals surface area contributed by atoms with E-state index in [-0.39, 0.29) is 0 Å². The van der Waals surface area contributed by atoms with Gasteiger partial charge in [-0.2, -0.15) is 0 Å². The highest BCUT2D eigenvalue weighted by Gasteiger charge is 2.31. The Kier molecular flexibility index (Phi) is 9.01. The van der Waals surface area contributed by atoms with E-state index in [2.05, 4.69) is 39.0 Å². The summed E-state index contributed by atoms with van der Waals surface area (Å²) >= 11 is 0. The highest BCUT2D eigenvalue weighted by atomic mass is 16.5. The molecule has 2 unspecified atom stereocenters. The van der Waals surface area contributed by atoms with E-state index in [9.17, 15) is 5.11 Å². The molecule has 2 heteroatoms. The summed E-state index contributed by atoms with van der Waals surface area (Å²) < 4.78 is 6.11. The van der Waals surface area contributed by atoms with Crippen molar-refractivity contribution in [1.29, 1.82) is 0 Å². The lowest BCUT2D eigenvalue weighted by Crippen LogP contribution is -2.43. The van der Waals surface area contributed by atoms with Gasteiger partial charge in [0.15, 0.2) is 0 Å². The maximum Gasteiger partial charge on any atom is 0.135 e. The third-order valence-electron chi connectivity index (χ3n) is 4.55. The monoisotopic (exact) mass is 318 g/mol. The van der Waals surface area contributed by atoms with E-state index in [1.165, 1.54) is 31.2 Å². The van der Waals surface area contributed by atoms with Crippen molar-refractivity contribution < 1.29 is 9.84 Å². The Morgan fingerprint density at radius 2 is 1.78 bits per heavy atom. The Morgan fingerprint density at radius 1 is 1.09 bits per heavy atom. The Bertz CT molecular complexity index is 449. The molecule has 1 aromatic rings. The standard InChI is InChI=1S/C21H34O2/c1-5-8-9-10-11-12-13-20(22)21(4,7-3)23-19-16-14-18(6-2)15-17-19/h12-17,20,22H,5-11H2,1-4H3/b13-12+. The molecule has 0 aromatic heterocycles. The number of hydrogen-bond acceptors (Lipinski definition) is 2. The first-order valence-electron chi connectivity index (χ1n) is 9.18. The summed E-state index contributed by atoms with van der Waals surface area (Å²) in [5.41, 5.74) is 0.705. The van der Waals surface area contributed by atoms with E-state index >= 15 is 0 Å². The number of allylic oxidation sites excluding steroid dienone is 1. The molecule has 23 heavy (non-hydrogen) atoms. The van der Waals surface area contributed by atoms with Gasteiger partial charge in [0, 0.05) is 0 Å². The Labute approximate surface area is 142 Å². The molecule has 2 atom stereocenters. The van der Waals surface area contributed by atoms with Gasteiger partial charge in [-0.05, 0) is 50.3 Å². The maximum absolute atomic E-state index is 10.5. The summed E-state index contributed by atoms with van der Waals surface area (Å²) in [7, 11) is 0. The zero-order chi connectivity index (χ0) is 17.1. The second-order valence-electron chi connectivity index (χ2n) is 6.49. The third kappa shape index (κ3) is 6.78. The molecule has 0 saturated carbocycles. The van der Waals surface area contributed by atoms with Gasteiger partial charge in [0.05, 0.1) is 0 Å². The molecule has 0 aliphatic rings. The van der Waals surface area contributed by atoms with Crippen LogP contribution in [0.15, 0.2) is 36.4 Å². The van der Waals surface area contributed by atoms with Crippen LogP contribution in [0.1, 0.15) is 71.8 Å². The van der Waals surface area contributed by atoms with E-state index in [1.54, 1.807) is 0 Å². The van der Waals surface area contributed by atoms with Crippen molar-refractivity contribution in [2.75, 3.05) is 0 Å². The Hall–Kier alpha value is -1.28. The van der Waals surface area contributed by atoms with Gasteiger partial charge >= 0.3 is 0 Å². The van der Waals surface area contributed by atoms with Crippen LogP contribution >= 0.6 is 0 Å². The topological polar surface area (TPSA) is 29.5 Å². The van der Waals surface area contributed by atoms with Gasteiger partial charge in [0.1, 0.15) is 17.5 Å². The zero-order valence-electron chi connectivity index (χ0n) is 15.3. The van der Waals surface area contributed by atoms with Gasteiger partial charge in [0.25, 0.3) is 0 Å². The predicted octanol–water partition coefficient (Wildman–Crippen LogP) is 5.68. The number of ether oxygens (including phenoxy) is 1. The van der Waals surface area contributed by atoms with Gasteiger partial charge in [-0.1, -0.05) is 64.3 Å². The van der Waals surface area contributed by atoms with Crippen molar-refractivity contribution >= 4 is 0 Å². The van der Waals surface area contributed by atoms with E-state index in [1.807, 2.05) is 25.1 Å². The second-order valence-corrected chi connectivity index (χ2v) is 6.49. The Balaban J connectivity index is 2.57. The predicted molar refractivity (Wildman–Crippen MR) is 99.0 cm³/mol. The van der Waals surface area contributed by atoms with Crippen molar-refractivity contribution in [1.82, 2.24) is 0 Å². The van der Waals surface area contributed by atoms with Crippen LogP contribution in [0.2, 0.25) is 0 Å². The lowest BCUT2D eigenvalue weighted by Gasteiger charge is -2.33. The van der Waals surface area contributed by atoms with Gasteiger partial charge in [0.2, 0.25) is 0 Å². The summed E-state index contributed by atoms with van der Waals surface area (Å²) in [6.07, 6.45) is 11.2. The highest BCUT2D eigenvalue weighted by Crippen LogP contribution is 2.26. The fourth-order valence-electron chi connectivity index (χ4n) is 2.52. The van der Waals surface area contributed by atoms with Crippen molar-refractivity contribution in [3.8, 4) is 5.75 Å². The zero-order valence-corrected chi connectivity index (χ0v) is 15.3. The normalized spacial score (nSPS) is 15.5. The van der Waals surface area contributed by atoms with E-state index in [4.69, 9.17) is 4.74 Å². The fraction of sp³-hybridized carbons (Fsp3) is 0.619. The van der Waals surface area contributed by atoms with Crippen molar-refractivity contribution in [3.05, 3.63) is 42.0 Å². The first-order chi connectivity index (χ1) is 11.1. The number of rotatable bonds is 11. The molecule has 0 aliphatic carbocycles. The number of benzene rings is 1. The van der Waals surface area contributed by atoms with Crippen LogP contribution in [0.5, 0.6) is 5.75 Å². The molecule has 2 nitrogen and oxygen atoms in total. The van der Waals surface area contributed by atoms with Gasteiger partial charge in [-0.3, -0.25) is 0 Å². The Morgan fingerprint density at radius 3 is 2.35 bits per heavy atom. The molecule has 1 N–H and O–H groups in total. The summed E-state index contributed by atoms with van der Waals surface area (Å²) in [5, 5.41) is 10.5. The minimum atomic E-state index is -0.593. The van der Waals surface area contributed by atoms with Crippen LogP contribution in [0.3, 0.4) is 0 Å². The molecule has 0 saturated heterocycles. The molecule has 1 rings (SSSR count). The summed E-state index contributed by atoms with van der Waals surface area (Å²) in [6, 6.07) is 8.16. The lowest BCUT2D eigenvalue weighted by atomic mass is 9.94. The molecule has 0 heterocycles. The molecule has 0 bridgehead atoms. The summed E-state index contributed by atoms with van der Waals surface area (Å²) in [5.74, 6) is 0.821. The van der Waals surface area contributed by atoms with Crippen molar-refractivity contribution in [2.24, 2.45) is 0 Å². The average Bonchev–Trinajstić information content (AvgIpc) is 2.58. The summed E-state index contributed by atoms with van der Waals surface area (Å²) in [4.78, 5) is 0. The smallest absolute Gasteiger partial charge is 0.135 e. The number of unbranched alkanes of at least 4 members (excludes halogenated alkanes) is 4. The first-order valence-corrected chi connectivity index (χ1v) is 9.18. The van der Waals surface area contributed by atoms with Crippen molar-refractivity contribution in [3.63, 3.8) is 0 Å². The maximum atomic E-state index is 10.5. The molecule has 0 fully saturated rings. The molecule has 0 aliphatic heterocycles. The second kappa shape index (κ2) is 10.5. The van der Waals surface area contributed by atoms with Crippen LogP contribution in [0, 0.1) is 0 Å². The van der Waals surface area contributed by atoms with Crippen molar-refractivity contribution in [2.45, 2.75) is 84.3 Å². The van der Waals surface area contributed by atoms with E-state index < -0.39 is 11.7 Å². The highest BCUT2D eigenvalue weighted by molar-refractivity contribution is 5.28. The molecular formula is C21H34O2. The third-order valence-corrected chi connectivity index (χ3v) is 4.55. The number of aliphatic hydroxyl groups is 1. The molecule has 130 valence electrons. The first kappa shape index (κ1) is 19.8. The largest absolute Gasteiger partial charge is 0.485 e. The van der Waals surface area contributed by atoms with Crippen LogP contribution in [-0.4, -0.2) is 16.8 Å². The van der Waals surface area contributed by atoms with Crippen LogP contribution in [0.4, 0.5) is 0 Å². The quantitative estimate of drug-likeness (QED) is 0.420. The molecule has 0 radical (unpaired) electrons.